The molecule has 1 heterocycles. The fraction of sp³-hybridized carbons (Fsp3) is 0.308. The third kappa shape index (κ3) is 3.05. The first-order valence-electron chi connectivity index (χ1n) is 5.52. The fourth-order valence-corrected chi connectivity index (χ4v) is 1.96. The van der Waals surface area contributed by atoms with Crippen LogP contribution in [-0.4, -0.2) is 16.9 Å². The Bertz CT molecular complexity index is 539. The lowest BCUT2D eigenvalue weighted by atomic mass is 10.1. The number of benzene rings is 1. The quantitative estimate of drug-likeness (QED) is 0.843. The molecule has 90 valence electrons. The first kappa shape index (κ1) is 12.1. The minimum absolute atomic E-state index is 0.560. The van der Waals surface area contributed by atoms with E-state index in [1.165, 1.54) is 11.1 Å². The van der Waals surface area contributed by atoms with Crippen molar-refractivity contribution in [3.63, 3.8) is 0 Å². The first-order chi connectivity index (χ1) is 8.19. The smallest absolute Gasteiger partial charge is 0.122 e. The largest absolute Gasteiger partial charge is 0.378 e. The van der Waals surface area contributed by atoms with Gasteiger partial charge in [-0.2, -0.15) is 0 Å². The number of nitrogens with one attached hydrogen (secondary N) is 1. The summed E-state index contributed by atoms with van der Waals surface area (Å²) in [5.74, 6) is 0. The van der Waals surface area contributed by atoms with Crippen molar-refractivity contribution in [2.24, 2.45) is 0 Å². The van der Waals surface area contributed by atoms with Gasteiger partial charge in [-0.05, 0) is 18.6 Å². The van der Waals surface area contributed by atoms with E-state index in [1.54, 1.807) is 7.11 Å². The Labute approximate surface area is 106 Å². The van der Waals surface area contributed by atoms with E-state index in [4.69, 9.17) is 17.0 Å². The molecule has 0 spiro atoms. The number of H-pyrrole nitrogens is 1. The van der Waals surface area contributed by atoms with Crippen molar-refractivity contribution in [3.8, 4) is 0 Å². The summed E-state index contributed by atoms with van der Waals surface area (Å²) in [4.78, 5) is 0. The second-order valence-electron chi connectivity index (χ2n) is 4.12. The van der Waals surface area contributed by atoms with E-state index in [1.807, 2.05) is 10.7 Å². The Morgan fingerprint density at radius 2 is 2.00 bits per heavy atom. The number of ether oxygens (including phenoxy) is 1. The molecule has 2 aromatic rings. The number of aromatic amines is 1. The average Bonchev–Trinajstić information content (AvgIpc) is 2.63. The van der Waals surface area contributed by atoms with Gasteiger partial charge in [-0.3, -0.25) is 9.78 Å². The molecule has 1 N–H and O–H groups in total. The lowest BCUT2D eigenvalue weighted by molar-refractivity contribution is 0.181. The zero-order valence-electron chi connectivity index (χ0n) is 10.1. The molecule has 0 radical (unpaired) electrons. The van der Waals surface area contributed by atoms with Gasteiger partial charge in [0.05, 0.1) is 18.8 Å². The number of hydrogen-bond donors (Lipinski definition) is 1. The summed E-state index contributed by atoms with van der Waals surface area (Å²) in [5, 5.41) is 3.23. The van der Waals surface area contributed by atoms with Crippen LogP contribution in [0.25, 0.3) is 0 Å². The van der Waals surface area contributed by atoms with E-state index < -0.39 is 0 Å². The number of aromatic nitrogens is 2. The average molecular weight is 248 g/mol. The molecule has 1 aromatic heterocycles. The van der Waals surface area contributed by atoms with Crippen LogP contribution in [0.5, 0.6) is 0 Å². The third-order valence-corrected chi connectivity index (χ3v) is 2.94. The standard InChI is InChI=1S/C13H16N2OS/c1-10-3-5-11(6-4-10)8-15-13(17)7-12(14-15)9-16-2/h3-7,14H,8-9H2,1-2H3. The third-order valence-electron chi connectivity index (χ3n) is 2.60. The van der Waals surface area contributed by atoms with E-state index in [-0.39, 0.29) is 0 Å². The summed E-state index contributed by atoms with van der Waals surface area (Å²) in [6, 6.07) is 10.4. The number of aryl methyl sites for hydroxylation is 1. The molecule has 0 saturated carbocycles. The predicted molar refractivity (Wildman–Crippen MR) is 70.6 cm³/mol. The highest BCUT2D eigenvalue weighted by molar-refractivity contribution is 7.71. The molecule has 0 fully saturated rings. The highest BCUT2D eigenvalue weighted by Gasteiger charge is 2.01. The summed E-state index contributed by atoms with van der Waals surface area (Å²) in [7, 11) is 1.67. The topological polar surface area (TPSA) is 29.9 Å². The first-order valence-corrected chi connectivity index (χ1v) is 5.93. The molecule has 2 rings (SSSR count). The van der Waals surface area contributed by atoms with Gasteiger partial charge < -0.3 is 4.74 Å². The van der Waals surface area contributed by atoms with Crippen LogP contribution in [0.1, 0.15) is 16.8 Å². The fourth-order valence-electron chi connectivity index (χ4n) is 1.71. The van der Waals surface area contributed by atoms with Gasteiger partial charge in [0.25, 0.3) is 0 Å². The maximum Gasteiger partial charge on any atom is 0.122 e. The van der Waals surface area contributed by atoms with Gasteiger partial charge in [0, 0.05) is 7.11 Å². The maximum absolute atomic E-state index is 5.29. The van der Waals surface area contributed by atoms with Gasteiger partial charge in [-0.25, -0.2) is 0 Å². The van der Waals surface area contributed by atoms with Crippen LogP contribution < -0.4 is 0 Å². The van der Waals surface area contributed by atoms with Crippen LogP contribution in [0, 0.1) is 11.6 Å². The number of hydrogen-bond acceptors (Lipinski definition) is 2. The molecule has 3 nitrogen and oxygen atoms in total. The summed E-state index contributed by atoms with van der Waals surface area (Å²) < 4.78 is 7.83. The second-order valence-corrected chi connectivity index (χ2v) is 4.54. The number of methoxy groups -OCH3 is 1. The SMILES string of the molecule is COCc1cc(=S)n(Cc2ccc(C)cc2)[nH]1. The van der Waals surface area contributed by atoms with Crippen molar-refractivity contribution in [2.75, 3.05) is 7.11 Å². The summed E-state index contributed by atoms with van der Waals surface area (Å²) in [6.07, 6.45) is 0. The van der Waals surface area contributed by atoms with Gasteiger partial charge in [0.15, 0.2) is 0 Å². The molecule has 0 aliphatic rings. The Hall–Kier alpha value is -1.39. The van der Waals surface area contributed by atoms with Crippen LogP contribution >= 0.6 is 12.2 Å². The zero-order valence-corrected chi connectivity index (χ0v) is 10.9. The van der Waals surface area contributed by atoms with Crippen molar-refractivity contribution in [2.45, 2.75) is 20.1 Å². The molecule has 0 bridgehead atoms. The van der Waals surface area contributed by atoms with Crippen molar-refractivity contribution in [1.29, 1.82) is 0 Å². The van der Waals surface area contributed by atoms with Gasteiger partial charge >= 0.3 is 0 Å². The normalized spacial score (nSPS) is 10.7. The Morgan fingerprint density at radius 1 is 1.29 bits per heavy atom. The molecule has 0 unspecified atom stereocenters. The zero-order chi connectivity index (χ0) is 12.3. The molecule has 0 atom stereocenters. The van der Waals surface area contributed by atoms with Gasteiger partial charge in [0.2, 0.25) is 0 Å². The van der Waals surface area contributed by atoms with Crippen LogP contribution in [0.3, 0.4) is 0 Å². The van der Waals surface area contributed by atoms with Crippen molar-refractivity contribution in [3.05, 3.63) is 51.8 Å². The summed E-state index contributed by atoms with van der Waals surface area (Å²) >= 11 is 5.29. The molecule has 4 heteroatoms. The van der Waals surface area contributed by atoms with Crippen LogP contribution in [0.4, 0.5) is 0 Å². The molecule has 0 amide bonds. The number of rotatable bonds is 4. The van der Waals surface area contributed by atoms with Gasteiger partial charge in [0.1, 0.15) is 4.64 Å². The highest BCUT2D eigenvalue weighted by atomic mass is 32.1. The van der Waals surface area contributed by atoms with Crippen LogP contribution in [-0.2, 0) is 17.9 Å². The minimum Gasteiger partial charge on any atom is -0.378 e. The summed E-state index contributed by atoms with van der Waals surface area (Å²) in [6.45, 7) is 3.41. The monoisotopic (exact) mass is 248 g/mol. The van der Waals surface area contributed by atoms with Gasteiger partial charge in [-0.15, -0.1) is 0 Å². The van der Waals surface area contributed by atoms with Gasteiger partial charge in [-0.1, -0.05) is 42.0 Å². The number of nitrogens with zero attached hydrogens (tertiary/aromatic N) is 1. The minimum atomic E-state index is 0.560. The Kier molecular flexibility index (Phi) is 3.76. The van der Waals surface area contributed by atoms with Crippen LogP contribution in [0.15, 0.2) is 30.3 Å². The maximum atomic E-state index is 5.29. The van der Waals surface area contributed by atoms with E-state index >= 15 is 0 Å². The predicted octanol–water partition coefficient (Wildman–Crippen LogP) is 3.05. The van der Waals surface area contributed by atoms with Crippen molar-refractivity contribution >= 4 is 12.2 Å². The van der Waals surface area contributed by atoms with E-state index in [9.17, 15) is 0 Å². The molecule has 0 saturated heterocycles. The van der Waals surface area contributed by atoms with E-state index in [2.05, 4.69) is 36.3 Å². The second kappa shape index (κ2) is 5.29. The van der Waals surface area contributed by atoms with Crippen LogP contribution in [0.2, 0.25) is 0 Å². The molecule has 1 aromatic carbocycles. The lowest BCUT2D eigenvalue weighted by Crippen LogP contribution is -2.02. The highest BCUT2D eigenvalue weighted by Crippen LogP contribution is 2.07. The molecule has 0 aliphatic carbocycles. The Balaban J connectivity index is 2.18. The van der Waals surface area contributed by atoms with E-state index in [0.717, 1.165) is 16.9 Å². The van der Waals surface area contributed by atoms with E-state index in [0.29, 0.717) is 6.61 Å². The summed E-state index contributed by atoms with van der Waals surface area (Å²) in [5.41, 5.74) is 3.51. The molecule has 0 aliphatic heterocycles. The molecular formula is C13H16N2OS. The lowest BCUT2D eigenvalue weighted by Gasteiger charge is -2.04. The van der Waals surface area contributed by atoms with Crippen molar-refractivity contribution < 1.29 is 4.74 Å². The van der Waals surface area contributed by atoms with Crippen molar-refractivity contribution in [1.82, 2.24) is 9.78 Å². The molecule has 17 heavy (non-hydrogen) atoms. The molecular weight excluding hydrogens is 232 g/mol. The Morgan fingerprint density at radius 3 is 2.65 bits per heavy atom.